The summed E-state index contributed by atoms with van der Waals surface area (Å²) in [7, 11) is 0. The number of nitrogens with zero attached hydrogens (tertiary/aromatic N) is 1. The molecule has 5 nitrogen and oxygen atoms in total. The van der Waals surface area contributed by atoms with Crippen LogP contribution in [-0.2, 0) is 6.42 Å². The van der Waals surface area contributed by atoms with Crippen LogP contribution in [0.4, 0.5) is 0 Å². The topological polar surface area (TPSA) is 93.9 Å². The molecule has 1 heterocycles. The van der Waals surface area contributed by atoms with Crippen LogP contribution in [0.15, 0.2) is 23.0 Å². The fourth-order valence-electron chi connectivity index (χ4n) is 3.82. The van der Waals surface area contributed by atoms with Crippen LogP contribution in [-0.4, -0.2) is 22.5 Å². The number of nitriles is 1. The minimum atomic E-state index is -0.266. The second-order valence-electron chi connectivity index (χ2n) is 8.36. The highest BCUT2D eigenvalue weighted by Crippen LogP contribution is 2.49. The van der Waals surface area contributed by atoms with E-state index in [-0.39, 0.29) is 29.3 Å². The van der Waals surface area contributed by atoms with Crippen molar-refractivity contribution in [3.8, 4) is 6.07 Å². The third kappa shape index (κ3) is 3.65. The van der Waals surface area contributed by atoms with E-state index in [1.54, 1.807) is 25.1 Å². The highest BCUT2D eigenvalue weighted by atomic mass is 16.3. The first-order valence-corrected chi connectivity index (χ1v) is 9.64. The Hall–Kier alpha value is -2.71. The summed E-state index contributed by atoms with van der Waals surface area (Å²) in [5, 5.41) is 19.1. The van der Waals surface area contributed by atoms with Crippen LogP contribution in [0.25, 0.3) is 0 Å². The summed E-state index contributed by atoms with van der Waals surface area (Å²) in [6, 6.07) is 7.15. The predicted molar refractivity (Wildman–Crippen MR) is 108 cm³/mol. The van der Waals surface area contributed by atoms with Gasteiger partial charge in [0.05, 0.1) is 11.6 Å². The molecule has 0 amide bonds. The molecule has 1 aromatic carbocycles. The zero-order chi connectivity index (χ0) is 20.6. The van der Waals surface area contributed by atoms with E-state index in [9.17, 15) is 20.0 Å². The molecule has 1 aromatic heterocycles. The van der Waals surface area contributed by atoms with Crippen molar-refractivity contribution in [3.05, 3.63) is 67.6 Å². The Morgan fingerprint density at radius 3 is 2.50 bits per heavy atom. The van der Waals surface area contributed by atoms with Gasteiger partial charge in [-0.3, -0.25) is 9.59 Å². The van der Waals surface area contributed by atoms with E-state index >= 15 is 0 Å². The quantitative estimate of drug-likeness (QED) is 0.752. The van der Waals surface area contributed by atoms with Gasteiger partial charge in [0, 0.05) is 29.0 Å². The van der Waals surface area contributed by atoms with Gasteiger partial charge < -0.3 is 10.1 Å². The molecule has 2 aromatic rings. The first-order chi connectivity index (χ1) is 13.2. The van der Waals surface area contributed by atoms with Crippen molar-refractivity contribution in [1.82, 2.24) is 4.98 Å². The second kappa shape index (κ2) is 7.37. The number of aromatic nitrogens is 1. The molecule has 1 saturated carbocycles. The Bertz CT molecular complexity index is 1040. The summed E-state index contributed by atoms with van der Waals surface area (Å²) in [6.45, 7) is 7.54. The first-order valence-electron chi connectivity index (χ1n) is 9.64. The van der Waals surface area contributed by atoms with Crippen molar-refractivity contribution in [1.29, 1.82) is 5.26 Å². The number of hydrogen-bond donors (Lipinski definition) is 2. The average Bonchev–Trinajstić information content (AvgIpc) is 3.43. The SMILES string of the molecule is Cc1cc(C#N)cc(C(=O)c2c(CC3(CO)CC3)c(C(C)C)[nH]c(=O)c2C)c1. The Kier molecular flexibility index (Phi) is 5.27. The number of nitrogens with one attached hydrogen (secondary N) is 1. The molecule has 0 aliphatic heterocycles. The van der Waals surface area contributed by atoms with Gasteiger partial charge >= 0.3 is 0 Å². The van der Waals surface area contributed by atoms with Crippen molar-refractivity contribution in [2.45, 2.75) is 52.9 Å². The lowest BCUT2D eigenvalue weighted by Gasteiger charge is -2.22. The smallest absolute Gasteiger partial charge is 0.251 e. The van der Waals surface area contributed by atoms with E-state index in [0.717, 1.165) is 29.7 Å². The number of aliphatic hydroxyl groups is 1. The molecule has 0 spiro atoms. The number of aromatic amines is 1. The fraction of sp³-hybridized carbons (Fsp3) is 0.435. The lowest BCUT2D eigenvalue weighted by atomic mass is 9.84. The Morgan fingerprint density at radius 1 is 1.29 bits per heavy atom. The average molecular weight is 378 g/mol. The summed E-state index contributed by atoms with van der Waals surface area (Å²) < 4.78 is 0. The van der Waals surface area contributed by atoms with Gasteiger partial charge in [-0.25, -0.2) is 0 Å². The molecule has 5 heteroatoms. The van der Waals surface area contributed by atoms with E-state index in [0.29, 0.717) is 28.7 Å². The number of carbonyl (C=O) groups is 1. The van der Waals surface area contributed by atoms with Crippen LogP contribution in [0.5, 0.6) is 0 Å². The van der Waals surface area contributed by atoms with Crippen molar-refractivity contribution in [2.75, 3.05) is 6.61 Å². The summed E-state index contributed by atoms with van der Waals surface area (Å²) >= 11 is 0. The number of benzene rings is 1. The lowest BCUT2D eigenvalue weighted by Crippen LogP contribution is -2.25. The Balaban J connectivity index is 2.24. The Morgan fingerprint density at radius 2 is 1.96 bits per heavy atom. The van der Waals surface area contributed by atoms with Gasteiger partial charge in [0.2, 0.25) is 0 Å². The standard InChI is InChI=1S/C23H26N2O3/c1-13(2)20-18(10-23(12-26)5-6-23)19(15(4)22(28)25-20)21(27)17-8-14(3)7-16(9-17)11-24/h7-9,13,26H,5-6,10,12H2,1-4H3,(H,25,28). The third-order valence-corrected chi connectivity index (χ3v) is 5.71. The van der Waals surface area contributed by atoms with Crippen molar-refractivity contribution in [3.63, 3.8) is 0 Å². The van der Waals surface area contributed by atoms with Gasteiger partial charge in [-0.05, 0) is 73.8 Å². The van der Waals surface area contributed by atoms with E-state index < -0.39 is 0 Å². The van der Waals surface area contributed by atoms with Gasteiger partial charge in [-0.1, -0.05) is 13.8 Å². The number of rotatable bonds is 6. The number of aryl methyl sites for hydroxylation is 1. The molecule has 1 aliphatic carbocycles. The minimum absolute atomic E-state index is 0.0384. The zero-order valence-corrected chi connectivity index (χ0v) is 16.8. The minimum Gasteiger partial charge on any atom is -0.396 e. The number of pyridine rings is 1. The summed E-state index contributed by atoms with van der Waals surface area (Å²) in [4.78, 5) is 29.0. The summed E-state index contributed by atoms with van der Waals surface area (Å²) in [5.41, 5.74) is 3.58. The van der Waals surface area contributed by atoms with Gasteiger partial charge in [0.25, 0.3) is 5.56 Å². The molecule has 146 valence electrons. The van der Waals surface area contributed by atoms with Crippen molar-refractivity contribution >= 4 is 5.78 Å². The molecule has 2 N–H and O–H groups in total. The second-order valence-corrected chi connectivity index (χ2v) is 8.36. The molecule has 3 rings (SSSR count). The highest BCUT2D eigenvalue weighted by Gasteiger charge is 2.43. The maximum Gasteiger partial charge on any atom is 0.251 e. The largest absolute Gasteiger partial charge is 0.396 e. The number of aliphatic hydroxyl groups excluding tert-OH is 1. The third-order valence-electron chi connectivity index (χ3n) is 5.71. The molecule has 1 aliphatic rings. The van der Waals surface area contributed by atoms with Crippen molar-refractivity contribution in [2.24, 2.45) is 5.41 Å². The first kappa shape index (κ1) is 20.0. The maximum atomic E-state index is 13.5. The van der Waals surface area contributed by atoms with Gasteiger partial charge in [0.15, 0.2) is 5.78 Å². The van der Waals surface area contributed by atoms with E-state index in [4.69, 9.17) is 0 Å². The van der Waals surface area contributed by atoms with Crippen LogP contribution < -0.4 is 5.56 Å². The molecule has 0 atom stereocenters. The van der Waals surface area contributed by atoms with Crippen LogP contribution in [0.2, 0.25) is 0 Å². The van der Waals surface area contributed by atoms with Gasteiger partial charge in [-0.15, -0.1) is 0 Å². The molecular weight excluding hydrogens is 352 g/mol. The number of ketones is 1. The summed E-state index contributed by atoms with van der Waals surface area (Å²) in [5.74, 6) is -0.203. The lowest BCUT2D eigenvalue weighted by molar-refractivity contribution is 0.103. The molecule has 0 radical (unpaired) electrons. The monoisotopic (exact) mass is 378 g/mol. The molecule has 0 saturated heterocycles. The number of carbonyl (C=O) groups excluding carboxylic acids is 1. The van der Waals surface area contributed by atoms with Crippen LogP contribution in [0.3, 0.4) is 0 Å². The van der Waals surface area contributed by atoms with Crippen LogP contribution >= 0.6 is 0 Å². The fourth-order valence-corrected chi connectivity index (χ4v) is 3.82. The van der Waals surface area contributed by atoms with Gasteiger partial charge in [0.1, 0.15) is 0 Å². The zero-order valence-electron chi connectivity index (χ0n) is 16.8. The Labute approximate surface area is 165 Å². The highest BCUT2D eigenvalue weighted by molar-refractivity contribution is 6.11. The van der Waals surface area contributed by atoms with E-state index in [2.05, 4.69) is 11.1 Å². The maximum absolute atomic E-state index is 13.5. The van der Waals surface area contributed by atoms with Crippen LogP contribution in [0, 0.1) is 30.6 Å². The normalized spacial score (nSPS) is 14.8. The number of hydrogen-bond acceptors (Lipinski definition) is 4. The molecule has 0 unspecified atom stereocenters. The molecular formula is C23H26N2O3. The van der Waals surface area contributed by atoms with Crippen molar-refractivity contribution < 1.29 is 9.90 Å². The van der Waals surface area contributed by atoms with Gasteiger partial charge in [-0.2, -0.15) is 5.26 Å². The van der Waals surface area contributed by atoms with Crippen LogP contribution in [0.1, 0.15) is 76.5 Å². The molecule has 1 fully saturated rings. The van der Waals surface area contributed by atoms with E-state index in [1.807, 2.05) is 20.8 Å². The summed E-state index contributed by atoms with van der Waals surface area (Å²) in [6.07, 6.45) is 2.39. The number of H-pyrrole nitrogens is 1. The predicted octanol–water partition coefficient (Wildman–Crippen LogP) is 3.53. The van der Waals surface area contributed by atoms with E-state index in [1.165, 1.54) is 0 Å². The molecule has 28 heavy (non-hydrogen) atoms. The molecule has 0 bridgehead atoms.